The van der Waals surface area contributed by atoms with E-state index in [0.717, 1.165) is 24.8 Å². The Bertz CT molecular complexity index is 958. The van der Waals surface area contributed by atoms with Crippen molar-refractivity contribution < 1.29 is 29.1 Å². The Hall–Kier alpha value is -3.47. The molecule has 0 aliphatic heterocycles. The lowest BCUT2D eigenvalue weighted by atomic mass is 10.1. The normalized spacial score (nSPS) is 13.8. The van der Waals surface area contributed by atoms with Crippen LogP contribution in [-0.2, 0) is 30.4 Å². The summed E-state index contributed by atoms with van der Waals surface area (Å²) in [6.07, 6.45) is 10.7. The number of unbranched alkanes of at least 4 members (excludes halogenated alkanes) is 8. The van der Waals surface area contributed by atoms with Crippen LogP contribution in [0.4, 0.5) is 0 Å². The molecule has 11 nitrogen and oxygen atoms in total. The van der Waals surface area contributed by atoms with E-state index >= 15 is 0 Å². The number of benzene rings is 1. The van der Waals surface area contributed by atoms with Crippen molar-refractivity contribution in [3.8, 4) is 0 Å². The molecule has 4 amide bonds. The van der Waals surface area contributed by atoms with Gasteiger partial charge in [-0.1, -0.05) is 88.6 Å². The molecule has 0 spiro atoms. The highest BCUT2D eigenvalue weighted by Gasteiger charge is 2.28. The summed E-state index contributed by atoms with van der Waals surface area (Å²) in [7, 11) is 0. The van der Waals surface area contributed by atoms with E-state index in [0.29, 0.717) is 6.42 Å². The van der Waals surface area contributed by atoms with Gasteiger partial charge in [0.2, 0.25) is 23.6 Å². The second-order valence-electron chi connectivity index (χ2n) is 10.5. The first-order valence-corrected chi connectivity index (χ1v) is 14.8. The quantitative estimate of drug-likeness (QED) is 0.122. The second-order valence-corrected chi connectivity index (χ2v) is 10.5. The van der Waals surface area contributed by atoms with Crippen molar-refractivity contribution in [1.82, 2.24) is 21.3 Å². The van der Waals surface area contributed by atoms with Crippen LogP contribution in [0.15, 0.2) is 30.3 Å². The average Bonchev–Trinajstić information content (AvgIpc) is 2.94. The van der Waals surface area contributed by atoms with Gasteiger partial charge < -0.3 is 32.1 Å². The molecule has 230 valence electrons. The number of carboxylic acid groups (broad SMARTS) is 1. The molecule has 1 rings (SSSR count). The number of nitrogens with one attached hydrogen (secondary N) is 4. The average molecular weight is 576 g/mol. The number of nitrogens with two attached hydrogens (primary N) is 1. The van der Waals surface area contributed by atoms with Crippen LogP contribution >= 0.6 is 0 Å². The van der Waals surface area contributed by atoms with Gasteiger partial charge in [-0.25, -0.2) is 4.79 Å². The van der Waals surface area contributed by atoms with Crippen molar-refractivity contribution in [2.75, 3.05) is 6.54 Å². The zero-order chi connectivity index (χ0) is 30.6. The van der Waals surface area contributed by atoms with E-state index in [2.05, 4.69) is 28.2 Å². The van der Waals surface area contributed by atoms with E-state index < -0.39 is 47.9 Å². The van der Waals surface area contributed by atoms with Crippen LogP contribution in [0, 0.1) is 0 Å². The van der Waals surface area contributed by atoms with Crippen molar-refractivity contribution in [3.05, 3.63) is 35.9 Å². The fraction of sp³-hybridized carbons (Fsp3) is 0.633. The second kappa shape index (κ2) is 20.4. The third kappa shape index (κ3) is 15.2. The molecule has 0 unspecified atom stereocenters. The third-order valence-electron chi connectivity index (χ3n) is 6.80. The molecular formula is C30H49N5O6. The predicted octanol–water partition coefficient (Wildman–Crippen LogP) is 2.17. The molecule has 41 heavy (non-hydrogen) atoms. The molecule has 0 aromatic heterocycles. The Morgan fingerprint density at radius 2 is 1.22 bits per heavy atom. The van der Waals surface area contributed by atoms with Crippen molar-refractivity contribution in [2.45, 2.75) is 116 Å². The molecular weight excluding hydrogens is 526 g/mol. The van der Waals surface area contributed by atoms with Crippen LogP contribution in [0.3, 0.4) is 0 Å². The van der Waals surface area contributed by atoms with E-state index in [1.165, 1.54) is 52.4 Å². The number of hydrogen-bond donors (Lipinski definition) is 6. The minimum Gasteiger partial charge on any atom is -0.480 e. The van der Waals surface area contributed by atoms with Crippen LogP contribution in [0.25, 0.3) is 0 Å². The highest BCUT2D eigenvalue weighted by atomic mass is 16.4. The van der Waals surface area contributed by atoms with Crippen LogP contribution < -0.4 is 27.0 Å². The largest absolute Gasteiger partial charge is 0.480 e. The van der Waals surface area contributed by atoms with E-state index in [-0.39, 0.29) is 18.9 Å². The van der Waals surface area contributed by atoms with E-state index in [1.807, 2.05) is 0 Å². The standard InChI is InChI=1S/C30H49N5O6/c1-4-5-6-7-8-9-10-11-15-18-26(36)32-21(2)27(37)33-22(3)28(38)35-25(20-31)29(39)34-24(30(40)41)19-23-16-13-12-14-17-23/h12-14,16-17,21-22,24-25H,4-11,15,18-20,31H2,1-3H3,(H,32,36)(H,33,37)(H,34,39)(H,35,38)(H,40,41)/t21-,22-,24-,25+/m1/s1. The zero-order valence-electron chi connectivity index (χ0n) is 24.7. The minimum absolute atomic E-state index is 0.0579. The Balaban J connectivity index is 2.43. The van der Waals surface area contributed by atoms with Crippen molar-refractivity contribution in [3.63, 3.8) is 0 Å². The third-order valence-corrected chi connectivity index (χ3v) is 6.80. The van der Waals surface area contributed by atoms with Gasteiger partial charge in [0.15, 0.2) is 0 Å². The van der Waals surface area contributed by atoms with Gasteiger partial charge in [-0.15, -0.1) is 0 Å². The van der Waals surface area contributed by atoms with Gasteiger partial charge in [-0.3, -0.25) is 19.2 Å². The van der Waals surface area contributed by atoms with E-state index in [4.69, 9.17) is 5.73 Å². The number of carbonyl (C=O) groups excluding carboxylic acids is 4. The summed E-state index contributed by atoms with van der Waals surface area (Å²) in [5.74, 6) is -3.42. The summed E-state index contributed by atoms with van der Waals surface area (Å²) < 4.78 is 0. The van der Waals surface area contributed by atoms with Gasteiger partial charge in [-0.05, 0) is 25.8 Å². The fourth-order valence-corrected chi connectivity index (χ4v) is 4.23. The van der Waals surface area contributed by atoms with Crippen LogP contribution in [0.5, 0.6) is 0 Å². The molecule has 1 aromatic rings. The van der Waals surface area contributed by atoms with E-state index in [1.54, 1.807) is 30.3 Å². The number of aliphatic carboxylic acids is 1. The van der Waals surface area contributed by atoms with E-state index in [9.17, 15) is 29.1 Å². The number of carbonyl (C=O) groups is 5. The maximum absolute atomic E-state index is 12.7. The molecule has 0 aliphatic rings. The first-order chi connectivity index (χ1) is 19.6. The number of carboxylic acids is 1. The highest BCUT2D eigenvalue weighted by molar-refractivity contribution is 5.94. The first-order valence-electron chi connectivity index (χ1n) is 14.8. The van der Waals surface area contributed by atoms with Gasteiger partial charge in [-0.2, -0.15) is 0 Å². The fourth-order valence-electron chi connectivity index (χ4n) is 4.23. The molecule has 0 fully saturated rings. The molecule has 1 aromatic carbocycles. The monoisotopic (exact) mass is 575 g/mol. The lowest BCUT2D eigenvalue weighted by Crippen LogP contribution is -2.58. The summed E-state index contributed by atoms with van der Waals surface area (Å²) >= 11 is 0. The maximum Gasteiger partial charge on any atom is 0.326 e. The molecule has 0 aliphatic carbocycles. The van der Waals surface area contributed by atoms with Crippen LogP contribution in [0.1, 0.15) is 90.5 Å². The molecule has 11 heteroatoms. The zero-order valence-corrected chi connectivity index (χ0v) is 24.7. The summed E-state index contributed by atoms with van der Waals surface area (Å²) in [4.78, 5) is 61.7. The number of amides is 4. The molecule has 0 bridgehead atoms. The molecule has 0 radical (unpaired) electrons. The summed E-state index contributed by atoms with van der Waals surface area (Å²) in [6.45, 7) is 4.89. The molecule has 4 atom stereocenters. The van der Waals surface area contributed by atoms with Crippen LogP contribution in [0.2, 0.25) is 0 Å². The summed E-state index contributed by atoms with van der Waals surface area (Å²) in [5, 5.41) is 19.6. The molecule has 0 saturated carbocycles. The smallest absolute Gasteiger partial charge is 0.326 e. The lowest BCUT2D eigenvalue weighted by molar-refractivity contribution is -0.142. The SMILES string of the molecule is CCCCCCCCCCCC(=O)N[C@H](C)C(=O)N[C@H](C)C(=O)N[C@@H](CN)C(=O)N[C@H](Cc1ccccc1)C(=O)O. The first kappa shape index (κ1) is 35.6. The molecule has 7 N–H and O–H groups in total. The van der Waals surface area contributed by atoms with Gasteiger partial charge in [0.25, 0.3) is 0 Å². The predicted molar refractivity (Wildman–Crippen MR) is 158 cm³/mol. The molecule has 0 heterocycles. The van der Waals surface area contributed by atoms with Gasteiger partial charge in [0.1, 0.15) is 24.2 Å². The van der Waals surface area contributed by atoms with Crippen molar-refractivity contribution in [2.24, 2.45) is 5.73 Å². The number of hydrogen-bond acceptors (Lipinski definition) is 6. The molecule has 0 saturated heterocycles. The minimum atomic E-state index is -1.22. The summed E-state index contributed by atoms with van der Waals surface area (Å²) in [6, 6.07) is 4.52. The Morgan fingerprint density at radius 3 is 1.78 bits per heavy atom. The summed E-state index contributed by atoms with van der Waals surface area (Å²) in [5.41, 5.74) is 6.39. The Labute approximate surface area is 243 Å². The topological polar surface area (TPSA) is 180 Å². The number of rotatable bonds is 21. The van der Waals surface area contributed by atoms with Crippen LogP contribution in [-0.4, -0.2) is 65.4 Å². The Kier molecular flexibility index (Phi) is 17.7. The van der Waals surface area contributed by atoms with Crippen molar-refractivity contribution in [1.29, 1.82) is 0 Å². The van der Waals surface area contributed by atoms with Crippen molar-refractivity contribution >= 4 is 29.6 Å². The highest BCUT2D eigenvalue weighted by Crippen LogP contribution is 2.10. The lowest BCUT2D eigenvalue weighted by Gasteiger charge is -2.23. The maximum atomic E-state index is 12.7. The van der Waals surface area contributed by atoms with Gasteiger partial charge >= 0.3 is 5.97 Å². The van der Waals surface area contributed by atoms with Gasteiger partial charge in [0, 0.05) is 19.4 Å². The Morgan fingerprint density at radius 1 is 0.707 bits per heavy atom. The van der Waals surface area contributed by atoms with Gasteiger partial charge in [0.05, 0.1) is 0 Å².